The van der Waals surface area contributed by atoms with Crippen LogP contribution in [0.3, 0.4) is 0 Å². The number of nitrogens with zero attached hydrogens (tertiary/aromatic N) is 3. The lowest BCUT2D eigenvalue weighted by Gasteiger charge is -1.96. The maximum Gasteiger partial charge on any atom is 0.114 e. The highest BCUT2D eigenvalue weighted by Gasteiger charge is 2.26. The van der Waals surface area contributed by atoms with Crippen molar-refractivity contribution in [3.8, 4) is 0 Å². The molecule has 1 aromatic carbocycles. The van der Waals surface area contributed by atoms with E-state index in [0.717, 1.165) is 15.5 Å². The molecule has 0 atom stereocenters. The SMILES string of the molecule is Brc1ccc2c(c1)nnn2C1CC1. The Bertz CT molecular complexity index is 459. The van der Waals surface area contributed by atoms with E-state index in [1.165, 1.54) is 12.8 Å². The third kappa shape index (κ3) is 1.16. The number of hydrogen-bond donors (Lipinski definition) is 0. The lowest BCUT2D eigenvalue weighted by Crippen LogP contribution is -1.95. The van der Waals surface area contributed by atoms with Crippen LogP contribution in [-0.4, -0.2) is 15.0 Å². The Morgan fingerprint density at radius 3 is 3.00 bits per heavy atom. The van der Waals surface area contributed by atoms with Gasteiger partial charge in [0.2, 0.25) is 0 Å². The van der Waals surface area contributed by atoms with Gasteiger partial charge in [-0.2, -0.15) is 0 Å². The second kappa shape index (κ2) is 2.54. The van der Waals surface area contributed by atoms with Gasteiger partial charge in [0.25, 0.3) is 0 Å². The molecule has 2 aromatic rings. The topological polar surface area (TPSA) is 30.7 Å². The molecule has 3 nitrogen and oxygen atoms in total. The lowest BCUT2D eigenvalue weighted by atomic mass is 10.3. The van der Waals surface area contributed by atoms with Gasteiger partial charge in [0.15, 0.2) is 0 Å². The predicted octanol–water partition coefficient (Wildman–Crippen LogP) is 2.53. The lowest BCUT2D eigenvalue weighted by molar-refractivity contribution is 0.630. The van der Waals surface area contributed by atoms with Crippen molar-refractivity contribution >= 4 is 27.0 Å². The minimum Gasteiger partial charge on any atom is -0.242 e. The van der Waals surface area contributed by atoms with Gasteiger partial charge in [0.05, 0.1) is 11.6 Å². The molecule has 0 spiro atoms. The molecule has 1 aliphatic rings. The summed E-state index contributed by atoms with van der Waals surface area (Å²) in [6.45, 7) is 0. The van der Waals surface area contributed by atoms with Crippen molar-refractivity contribution in [1.82, 2.24) is 15.0 Å². The molecule has 13 heavy (non-hydrogen) atoms. The highest BCUT2D eigenvalue weighted by atomic mass is 79.9. The van der Waals surface area contributed by atoms with Gasteiger partial charge in [-0.25, -0.2) is 4.68 Å². The molecule has 1 aromatic heterocycles. The second-order valence-corrected chi connectivity index (χ2v) is 4.31. The molecule has 0 radical (unpaired) electrons. The van der Waals surface area contributed by atoms with Crippen molar-refractivity contribution in [3.63, 3.8) is 0 Å². The third-order valence-electron chi connectivity index (χ3n) is 2.33. The Hall–Kier alpha value is -0.900. The first kappa shape index (κ1) is 7.50. The van der Waals surface area contributed by atoms with E-state index in [1.807, 2.05) is 16.8 Å². The van der Waals surface area contributed by atoms with Gasteiger partial charge in [-0.3, -0.25) is 0 Å². The van der Waals surface area contributed by atoms with Gasteiger partial charge in [-0.15, -0.1) is 5.10 Å². The highest BCUT2D eigenvalue weighted by molar-refractivity contribution is 9.10. The first-order valence-corrected chi connectivity index (χ1v) is 5.14. The number of fused-ring (bicyclic) bond motifs is 1. The van der Waals surface area contributed by atoms with E-state index in [-0.39, 0.29) is 0 Å². The molecule has 0 amide bonds. The minimum absolute atomic E-state index is 0.603. The van der Waals surface area contributed by atoms with Gasteiger partial charge < -0.3 is 0 Å². The van der Waals surface area contributed by atoms with E-state index < -0.39 is 0 Å². The van der Waals surface area contributed by atoms with Crippen molar-refractivity contribution in [1.29, 1.82) is 0 Å². The van der Waals surface area contributed by atoms with Crippen LogP contribution in [0, 0.1) is 0 Å². The Labute approximate surface area is 83.9 Å². The van der Waals surface area contributed by atoms with Crippen molar-refractivity contribution in [2.75, 3.05) is 0 Å². The second-order valence-electron chi connectivity index (χ2n) is 3.40. The largest absolute Gasteiger partial charge is 0.242 e. The van der Waals surface area contributed by atoms with Crippen LogP contribution >= 0.6 is 15.9 Å². The maximum atomic E-state index is 4.14. The van der Waals surface area contributed by atoms with Crippen molar-refractivity contribution in [3.05, 3.63) is 22.7 Å². The summed E-state index contributed by atoms with van der Waals surface area (Å²) in [4.78, 5) is 0. The predicted molar refractivity (Wildman–Crippen MR) is 53.5 cm³/mol. The molecule has 1 aliphatic carbocycles. The molecule has 1 saturated carbocycles. The molecule has 0 unspecified atom stereocenters. The van der Waals surface area contributed by atoms with Crippen LogP contribution in [0.25, 0.3) is 11.0 Å². The normalized spacial score (nSPS) is 16.7. The van der Waals surface area contributed by atoms with E-state index in [1.54, 1.807) is 0 Å². The van der Waals surface area contributed by atoms with Gasteiger partial charge in [0.1, 0.15) is 5.52 Å². The van der Waals surface area contributed by atoms with E-state index in [9.17, 15) is 0 Å². The third-order valence-corrected chi connectivity index (χ3v) is 2.82. The molecule has 4 heteroatoms. The average Bonchev–Trinajstić information content (AvgIpc) is 2.87. The van der Waals surface area contributed by atoms with E-state index in [2.05, 4.69) is 32.3 Å². The number of halogens is 1. The number of hydrogen-bond acceptors (Lipinski definition) is 2. The van der Waals surface area contributed by atoms with Gasteiger partial charge in [-0.1, -0.05) is 21.1 Å². The quantitative estimate of drug-likeness (QED) is 0.764. The van der Waals surface area contributed by atoms with Gasteiger partial charge >= 0.3 is 0 Å². The number of rotatable bonds is 1. The summed E-state index contributed by atoms with van der Waals surface area (Å²) in [6, 6.07) is 6.70. The Morgan fingerprint density at radius 2 is 2.23 bits per heavy atom. The Morgan fingerprint density at radius 1 is 1.38 bits per heavy atom. The van der Waals surface area contributed by atoms with Crippen molar-refractivity contribution in [2.45, 2.75) is 18.9 Å². The summed E-state index contributed by atoms with van der Waals surface area (Å²) in [7, 11) is 0. The zero-order chi connectivity index (χ0) is 8.84. The molecule has 66 valence electrons. The fourth-order valence-corrected chi connectivity index (χ4v) is 1.85. The fraction of sp³-hybridized carbons (Fsp3) is 0.333. The average molecular weight is 238 g/mol. The van der Waals surface area contributed by atoms with Gasteiger partial charge in [0, 0.05) is 4.47 Å². The summed E-state index contributed by atoms with van der Waals surface area (Å²) in [5.41, 5.74) is 2.12. The molecule has 0 N–H and O–H groups in total. The molecule has 0 bridgehead atoms. The number of aromatic nitrogens is 3. The summed E-state index contributed by atoms with van der Waals surface area (Å²) < 4.78 is 3.09. The van der Waals surface area contributed by atoms with E-state index in [0.29, 0.717) is 6.04 Å². The van der Waals surface area contributed by atoms with Crippen LogP contribution in [0.4, 0.5) is 0 Å². The van der Waals surface area contributed by atoms with Crippen molar-refractivity contribution in [2.24, 2.45) is 0 Å². The minimum atomic E-state index is 0.603. The van der Waals surface area contributed by atoms with Crippen LogP contribution in [0.15, 0.2) is 22.7 Å². The molecule has 0 aliphatic heterocycles. The summed E-state index contributed by atoms with van der Waals surface area (Å²) in [5, 5.41) is 8.27. The van der Waals surface area contributed by atoms with Crippen molar-refractivity contribution < 1.29 is 0 Å². The van der Waals surface area contributed by atoms with E-state index >= 15 is 0 Å². The smallest absolute Gasteiger partial charge is 0.114 e. The standard InChI is InChI=1S/C9H8BrN3/c10-6-1-4-9-8(5-6)11-12-13(9)7-2-3-7/h1,4-5,7H,2-3H2. The molecule has 0 saturated heterocycles. The van der Waals surface area contributed by atoms with Crippen LogP contribution < -0.4 is 0 Å². The monoisotopic (exact) mass is 237 g/mol. The molecular weight excluding hydrogens is 230 g/mol. The summed E-state index contributed by atoms with van der Waals surface area (Å²) in [6.07, 6.45) is 2.49. The summed E-state index contributed by atoms with van der Waals surface area (Å²) in [5.74, 6) is 0. The molecular formula is C9H8BrN3. The molecule has 1 fully saturated rings. The van der Waals surface area contributed by atoms with Crippen LogP contribution in [-0.2, 0) is 0 Å². The zero-order valence-corrected chi connectivity index (χ0v) is 8.53. The number of benzene rings is 1. The van der Waals surface area contributed by atoms with Crippen LogP contribution in [0.1, 0.15) is 18.9 Å². The summed E-state index contributed by atoms with van der Waals surface area (Å²) >= 11 is 3.42. The highest BCUT2D eigenvalue weighted by Crippen LogP contribution is 2.36. The van der Waals surface area contributed by atoms with Crippen LogP contribution in [0.2, 0.25) is 0 Å². The zero-order valence-electron chi connectivity index (χ0n) is 6.94. The first-order valence-electron chi connectivity index (χ1n) is 4.35. The maximum absolute atomic E-state index is 4.14. The Kier molecular flexibility index (Phi) is 1.47. The van der Waals surface area contributed by atoms with E-state index in [4.69, 9.17) is 0 Å². The van der Waals surface area contributed by atoms with Gasteiger partial charge in [-0.05, 0) is 31.0 Å². The first-order chi connectivity index (χ1) is 6.34. The van der Waals surface area contributed by atoms with Crippen LogP contribution in [0.5, 0.6) is 0 Å². The molecule has 1 heterocycles. The molecule has 3 rings (SSSR count). The Balaban J connectivity index is 2.26. The fourth-order valence-electron chi connectivity index (χ4n) is 1.50.